The lowest BCUT2D eigenvalue weighted by Crippen LogP contribution is -2.44. The number of nitrogens with one attached hydrogen (secondary N) is 2. The van der Waals surface area contributed by atoms with Gasteiger partial charge in [-0.2, -0.15) is 23.3 Å². The van der Waals surface area contributed by atoms with Crippen LogP contribution in [0.25, 0.3) is 11.0 Å². The van der Waals surface area contributed by atoms with Crippen molar-refractivity contribution in [2.45, 2.75) is 26.1 Å². The predicted octanol–water partition coefficient (Wildman–Crippen LogP) is 1.91. The Morgan fingerprint density at radius 2 is 2.00 bits per heavy atom. The SMILES string of the molecule is CCc1nn(CCOCC(F)(F)F)c2c(Nc3cnccn3)nc(N3CCNCC3)nc12. The number of alkyl halides is 3. The van der Waals surface area contributed by atoms with E-state index in [0.29, 0.717) is 35.0 Å². The molecule has 0 aliphatic carbocycles. The molecule has 0 atom stereocenters. The first-order chi connectivity index (χ1) is 15.4. The number of nitrogens with zero attached hydrogens (tertiary/aromatic N) is 7. The van der Waals surface area contributed by atoms with Crippen LogP contribution in [0.1, 0.15) is 12.6 Å². The van der Waals surface area contributed by atoms with Gasteiger partial charge in [-0.05, 0) is 6.42 Å². The van der Waals surface area contributed by atoms with Crippen LogP contribution in [0.2, 0.25) is 0 Å². The van der Waals surface area contributed by atoms with Crippen LogP contribution < -0.4 is 15.5 Å². The number of hydrogen-bond donors (Lipinski definition) is 2. The Labute approximate surface area is 182 Å². The van der Waals surface area contributed by atoms with E-state index >= 15 is 0 Å². The lowest BCUT2D eigenvalue weighted by atomic mass is 10.2. The second-order valence-corrected chi connectivity index (χ2v) is 7.21. The Morgan fingerprint density at radius 3 is 2.69 bits per heavy atom. The van der Waals surface area contributed by atoms with Crippen LogP contribution >= 0.6 is 0 Å². The molecule has 3 aromatic heterocycles. The third-order valence-corrected chi connectivity index (χ3v) is 4.90. The molecule has 32 heavy (non-hydrogen) atoms. The van der Waals surface area contributed by atoms with Gasteiger partial charge in [0.2, 0.25) is 5.95 Å². The summed E-state index contributed by atoms with van der Waals surface area (Å²) in [5, 5.41) is 11.0. The fourth-order valence-electron chi connectivity index (χ4n) is 3.45. The maximum atomic E-state index is 12.4. The minimum absolute atomic E-state index is 0.123. The first-order valence-electron chi connectivity index (χ1n) is 10.3. The first-order valence-corrected chi connectivity index (χ1v) is 10.3. The predicted molar refractivity (Wildman–Crippen MR) is 112 cm³/mol. The van der Waals surface area contributed by atoms with Crippen LogP contribution in [0.4, 0.5) is 30.8 Å². The van der Waals surface area contributed by atoms with Crippen molar-refractivity contribution in [1.29, 1.82) is 0 Å². The minimum Gasteiger partial charge on any atom is -0.370 e. The normalized spacial score (nSPS) is 14.8. The van der Waals surface area contributed by atoms with Gasteiger partial charge in [-0.15, -0.1) is 0 Å². The highest BCUT2D eigenvalue weighted by molar-refractivity contribution is 5.90. The molecular weight excluding hydrogens is 427 g/mol. The molecular formula is C19H24F3N9O. The van der Waals surface area contributed by atoms with Gasteiger partial charge in [-0.25, -0.2) is 9.97 Å². The topological polar surface area (TPSA) is 106 Å². The first kappa shape index (κ1) is 22.1. The maximum Gasteiger partial charge on any atom is 0.411 e. The summed E-state index contributed by atoms with van der Waals surface area (Å²) in [4.78, 5) is 19.9. The molecule has 2 N–H and O–H groups in total. The zero-order valence-corrected chi connectivity index (χ0v) is 17.6. The van der Waals surface area contributed by atoms with E-state index < -0.39 is 12.8 Å². The fourth-order valence-corrected chi connectivity index (χ4v) is 3.45. The zero-order chi connectivity index (χ0) is 22.6. The van der Waals surface area contributed by atoms with E-state index in [0.717, 1.165) is 31.9 Å². The molecule has 3 aromatic rings. The number of rotatable bonds is 8. The van der Waals surface area contributed by atoms with Crippen molar-refractivity contribution in [2.24, 2.45) is 0 Å². The summed E-state index contributed by atoms with van der Waals surface area (Å²) >= 11 is 0. The molecule has 0 amide bonds. The molecule has 172 valence electrons. The quantitative estimate of drug-likeness (QED) is 0.497. The summed E-state index contributed by atoms with van der Waals surface area (Å²) in [6.07, 6.45) is 0.907. The Morgan fingerprint density at radius 1 is 1.19 bits per heavy atom. The van der Waals surface area contributed by atoms with Gasteiger partial charge >= 0.3 is 6.18 Å². The summed E-state index contributed by atoms with van der Waals surface area (Å²) in [6.45, 7) is 3.79. The Balaban J connectivity index is 1.71. The highest BCUT2D eigenvalue weighted by atomic mass is 19.4. The van der Waals surface area contributed by atoms with E-state index in [-0.39, 0.29) is 13.2 Å². The van der Waals surface area contributed by atoms with Gasteiger partial charge < -0.3 is 20.3 Å². The van der Waals surface area contributed by atoms with Crippen molar-refractivity contribution in [2.75, 3.05) is 49.6 Å². The lowest BCUT2D eigenvalue weighted by molar-refractivity contribution is -0.174. The Kier molecular flexibility index (Phi) is 6.65. The molecule has 10 nitrogen and oxygen atoms in total. The molecule has 1 aliphatic heterocycles. The van der Waals surface area contributed by atoms with Crippen LogP contribution in [-0.2, 0) is 17.7 Å². The van der Waals surface area contributed by atoms with Crippen molar-refractivity contribution in [1.82, 2.24) is 35.0 Å². The Bertz CT molecular complexity index is 1040. The highest BCUT2D eigenvalue weighted by Gasteiger charge is 2.27. The summed E-state index contributed by atoms with van der Waals surface area (Å²) in [7, 11) is 0. The summed E-state index contributed by atoms with van der Waals surface area (Å²) in [6, 6.07) is 0. The molecule has 0 spiro atoms. The van der Waals surface area contributed by atoms with E-state index in [1.54, 1.807) is 23.3 Å². The van der Waals surface area contributed by atoms with Gasteiger partial charge in [0.25, 0.3) is 0 Å². The van der Waals surface area contributed by atoms with Crippen molar-refractivity contribution >= 4 is 28.6 Å². The number of aromatic nitrogens is 6. The van der Waals surface area contributed by atoms with Gasteiger partial charge in [0, 0.05) is 38.6 Å². The molecule has 0 bridgehead atoms. The molecule has 13 heteroatoms. The fraction of sp³-hybridized carbons (Fsp3) is 0.526. The van der Waals surface area contributed by atoms with Crippen molar-refractivity contribution in [3.63, 3.8) is 0 Å². The Hall–Kier alpha value is -3.06. The number of piperazine rings is 1. The summed E-state index contributed by atoms with van der Waals surface area (Å²) < 4.78 is 43.6. The smallest absolute Gasteiger partial charge is 0.370 e. The van der Waals surface area contributed by atoms with Crippen molar-refractivity contribution in [3.05, 3.63) is 24.3 Å². The van der Waals surface area contributed by atoms with Crippen LogP contribution in [0.15, 0.2) is 18.6 Å². The molecule has 0 saturated carbocycles. The lowest BCUT2D eigenvalue weighted by Gasteiger charge is -2.27. The molecule has 1 fully saturated rings. The monoisotopic (exact) mass is 451 g/mol. The molecule has 4 heterocycles. The van der Waals surface area contributed by atoms with Crippen LogP contribution in [0.5, 0.6) is 0 Å². The van der Waals surface area contributed by atoms with Gasteiger partial charge in [0.1, 0.15) is 23.5 Å². The number of hydrogen-bond acceptors (Lipinski definition) is 9. The van der Waals surface area contributed by atoms with Crippen LogP contribution in [-0.4, -0.2) is 75.3 Å². The number of ether oxygens (including phenoxy) is 1. The van der Waals surface area contributed by atoms with Crippen molar-refractivity contribution < 1.29 is 17.9 Å². The van der Waals surface area contributed by atoms with E-state index in [9.17, 15) is 13.2 Å². The summed E-state index contributed by atoms with van der Waals surface area (Å²) in [5.74, 6) is 1.51. The molecule has 4 rings (SSSR count). The second kappa shape index (κ2) is 9.61. The van der Waals surface area contributed by atoms with Gasteiger partial charge in [-0.1, -0.05) is 6.92 Å². The molecule has 1 saturated heterocycles. The standard InChI is InChI=1S/C19H24F3N9O/c1-2-13-15-16(31(29-13)9-10-32-12-19(20,21)22)17(26-14-11-24-3-4-25-14)28-18(27-15)30-7-5-23-6-8-30/h3-4,11,23H,2,5-10,12H2,1H3,(H,25,26,27,28). The average molecular weight is 451 g/mol. The largest absolute Gasteiger partial charge is 0.411 e. The van der Waals surface area contributed by atoms with E-state index in [1.807, 2.05) is 6.92 Å². The maximum absolute atomic E-state index is 12.4. The van der Waals surface area contributed by atoms with Gasteiger partial charge in [-0.3, -0.25) is 9.67 Å². The number of aryl methyl sites for hydroxylation is 1. The van der Waals surface area contributed by atoms with Gasteiger partial charge in [0.15, 0.2) is 5.82 Å². The minimum atomic E-state index is -4.37. The third-order valence-electron chi connectivity index (χ3n) is 4.90. The third kappa shape index (κ3) is 5.22. The van der Waals surface area contributed by atoms with Crippen LogP contribution in [0.3, 0.4) is 0 Å². The van der Waals surface area contributed by atoms with E-state index in [4.69, 9.17) is 14.7 Å². The van der Waals surface area contributed by atoms with Crippen molar-refractivity contribution in [3.8, 4) is 0 Å². The second-order valence-electron chi connectivity index (χ2n) is 7.21. The van der Waals surface area contributed by atoms with Gasteiger partial charge in [0.05, 0.1) is 25.0 Å². The number of halogens is 3. The highest BCUT2D eigenvalue weighted by Crippen LogP contribution is 2.28. The molecule has 0 radical (unpaired) electrons. The molecule has 1 aliphatic rings. The molecule has 0 aromatic carbocycles. The zero-order valence-electron chi connectivity index (χ0n) is 17.6. The number of anilines is 3. The molecule has 0 unspecified atom stereocenters. The summed E-state index contributed by atoms with van der Waals surface area (Å²) in [5.41, 5.74) is 1.97. The van der Waals surface area contributed by atoms with Crippen LogP contribution in [0, 0.1) is 0 Å². The number of fused-ring (bicyclic) bond motifs is 1. The van der Waals surface area contributed by atoms with E-state index in [1.165, 1.54) is 0 Å². The average Bonchev–Trinajstić information content (AvgIpc) is 3.15. The van der Waals surface area contributed by atoms with E-state index in [2.05, 4.69) is 30.6 Å².